The zero-order valence-corrected chi connectivity index (χ0v) is 13.8. The molecule has 4 heteroatoms. The first-order valence-electron chi connectivity index (χ1n) is 7.49. The maximum atomic E-state index is 6.10. The lowest BCUT2D eigenvalue weighted by atomic mass is 9.99. The third kappa shape index (κ3) is 4.36. The molecule has 0 spiro atoms. The van der Waals surface area contributed by atoms with Crippen LogP contribution in [0.15, 0.2) is 18.2 Å². The van der Waals surface area contributed by atoms with Crippen molar-refractivity contribution in [3.63, 3.8) is 0 Å². The molecule has 2 atom stereocenters. The van der Waals surface area contributed by atoms with Crippen LogP contribution in [0.25, 0.3) is 0 Å². The lowest BCUT2D eigenvalue weighted by Gasteiger charge is -2.28. The first-order chi connectivity index (χ1) is 9.60. The van der Waals surface area contributed by atoms with Gasteiger partial charge in [0.15, 0.2) is 0 Å². The molecule has 0 aromatic heterocycles. The van der Waals surface area contributed by atoms with Gasteiger partial charge in [0, 0.05) is 19.1 Å². The van der Waals surface area contributed by atoms with Crippen molar-refractivity contribution >= 4 is 23.2 Å². The Morgan fingerprint density at radius 3 is 2.85 bits per heavy atom. The van der Waals surface area contributed by atoms with Crippen molar-refractivity contribution in [2.24, 2.45) is 5.92 Å². The first-order valence-corrected chi connectivity index (χ1v) is 8.25. The van der Waals surface area contributed by atoms with Crippen LogP contribution in [-0.4, -0.2) is 30.6 Å². The molecule has 0 radical (unpaired) electrons. The van der Waals surface area contributed by atoms with Crippen LogP contribution in [0.5, 0.6) is 0 Å². The summed E-state index contributed by atoms with van der Waals surface area (Å²) in [7, 11) is 0. The Morgan fingerprint density at radius 1 is 1.35 bits per heavy atom. The quantitative estimate of drug-likeness (QED) is 0.895. The normalized spacial score (nSPS) is 22.5. The van der Waals surface area contributed by atoms with E-state index in [1.165, 1.54) is 18.4 Å². The molecule has 1 heterocycles. The van der Waals surface area contributed by atoms with Crippen molar-refractivity contribution in [1.29, 1.82) is 0 Å². The molecule has 0 saturated carbocycles. The number of nitrogens with one attached hydrogen (secondary N) is 1. The number of benzene rings is 1. The predicted octanol–water partition coefficient (Wildman–Crippen LogP) is 4.20. The van der Waals surface area contributed by atoms with E-state index >= 15 is 0 Å². The maximum Gasteiger partial charge on any atom is 0.0595 e. The van der Waals surface area contributed by atoms with Gasteiger partial charge in [-0.05, 0) is 43.1 Å². The van der Waals surface area contributed by atoms with Crippen LogP contribution >= 0.6 is 23.2 Å². The maximum absolute atomic E-state index is 6.10. The van der Waals surface area contributed by atoms with Gasteiger partial charge in [-0.15, -0.1) is 0 Å². The minimum Gasteiger partial charge on any atom is -0.312 e. The van der Waals surface area contributed by atoms with Crippen LogP contribution in [0.3, 0.4) is 0 Å². The Labute approximate surface area is 132 Å². The predicted molar refractivity (Wildman–Crippen MR) is 87.6 cm³/mol. The molecule has 1 saturated heterocycles. The average molecular weight is 315 g/mol. The van der Waals surface area contributed by atoms with Gasteiger partial charge in [0.1, 0.15) is 0 Å². The van der Waals surface area contributed by atoms with Gasteiger partial charge in [-0.1, -0.05) is 49.5 Å². The fraction of sp³-hybridized carbons (Fsp3) is 0.625. The molecule has 1 aliphatic rings. The number of halogens is 2. The molecule has 2 unspecified atom stereocenters. The lowest BCUT2D eigenvalue weighted by Crippen LogP contribution is -2.41. The smallest absolute Gasteiger partial charge is 0.0595 e. The second-order valence-corrected chi connectivity index (χ2v) is 6.60. The summed E-state index contributed by atoms with van der Waals surface area (Å²) in [5.74, 6) is 0.712. The molecule has 1 aliphatic heterocycles. The van der Waals surface area contributed by atoms with E-state index < -0.39 is 0 Å². The minimum absolute atomic E-state index is 0.588. The van der Waals surface area contributed by atoms with Gasteiger partial charge >= 0.3 is 0 Å². The topological polar surface area (TPSA) is 15.3 Å². The number of hydrogen-bond donors (Lipinski definition) is 1. The van der Waals surface area contributed by atoms with E-state index in [4.69, 9.17) is 23.2 Å². The first kappa shape index (κ1) is 16.1. The molecular weight excluding hydrogens is 291 g/mol. The molecule has 2 nitrogen and oxygen atoms in total. The molecule has 1 N–H and O–H groups in total. The van der Waals surface area contributed by atoms with Crippen LogP contribution in [0.1, 0.15) is 32.3 Å². The summed E-state index contributed by atoms with van der Waals surface area (Å²) < 4.78 is 0. The van der Waals surface area contributed by atoms with Crippen LogP contribution < -0.4 is 5.32 Å². The molecule has 0 aliphatic carbocycles. The van der Waals surface area contributed by atoms with Crippen molar-refractivity contribution < 1.29 is 0 Å². The third-order valence-electron chi connectivity index (χ3n) is 4.23. The Kier molecular flexibility index (Phi) is 6.16. The molecule has 1 aromatic carbocycles. The highest BCUT2D eigenvalue weighted by atomic mass is 35.5. The fourth-order valence-electron chi connectivity index (χ4n) is 2.73. The second kappa shape index (κ2) is 7.65. The molecule has 0 amide bonds. The average Bonchev–Trinajstić information content (AvgIpc) is 2.67. The Balaban J connectivity index is 2.01. The van der Waals surface area contributed by atoms with Crippen LogP contribution in [-0.2, 0) is 6.54 Å². The van der Waals surface area contributed by atoms with E-state index in [0.717, 1.165) is 26.2 Å². The highest BCUT2D eigenvalue weighted by Gasteiger charge is 2.21. The molecule has 1 aromatic rings. The lowest BCUT2D eigenvalue weighted by molar-refractivity contribution is 0.231. The minimum atomic E-state index is 0.588. The third-order valence-corrected chi connectivity index (χ3v) is 4.97. The van der Waals surface area contributed by atoms with Gasteiger partial charge in [0.2, 0.25) is 0 Å². The fourth-order valence-corrected chi connectivity index (χ4v) is 3.05. The van der Waals surface area contributed by atoms with Gasteiger partial charge < -0.3 is 5.32 Å². The van der Waals surface area contributed by atoms with E-state index in [0.29, 0.717) is 22.0 Å². The summed E-state index contributed by atoms with van der Waals surface area (Å²) in [6, 6.07) is 6.54. The Bertz CT molecular complexity index is 436. The molecule has 0 bridgehead atoms. The summed E-state index contributed by atoms with van der Waals surface area (Å²) in [6.07, 6.45) is 2.42. The van der Waals surface area contributed by atoms with Gasteiger partial charge in [-0.2, -0.15) is 0 Å². The monoisotopic (exact) mass is 314 g/mol. The van der Waals surface area contributed by atoms with E-state index in [-0.39, 0.29) is 0 Å². The number of nitrogens with zero attached hydrogens (tertiary/aromatic N) is 1. The molecule has 20 heavy (non-hydrogen) atoms. The summed E-state index contributed by atoms with van der Waals surface area (Å²) in [4.78, 5) is 2.52. The SMILES string of the molecule is CCC(C)C1CN(Cc2ccc(Cl)c(Cl)c2)CCCN1. The number of hydrogen-bond acceptors (Lipinski definition) is 2. The van der Waals surface area contributed by atoms with Gasteiger partial charge in [0.25, 0.3) is 0 Å². The highest BCUT2D eigenvalue weighted by Crippen LogP contribution is 2.23. The Morgan fingerprint density at radius 2 is 2.15 bits per heavy atom. The van der Waals surface area contributed by atoms with Crippen molar-refractivity contribution in [1.82, 2.24) is 10.2 Å². The zero-order chi connectivity index (χ0) is 14.5. The van der Waals surface area contributed by atoms with E-state index in [1.54, 1.807) is 0 Å². The molecule has 1 fully saturated rings. The van der Waals surface area contributed by atoms with Gasteiger partial charge in [-0.3, -0.25) is 4.90 Å². The number of rotatable bonds is 4. The summed E-state index contributed by atoms with van der Waals surface area (Å²) >= 11 is 12.1. The largest absolute Gasteiger partial charge is 0.312 e. The van der Waals surface area contributed by atoms with E-state index in [1.807, 2.05) is 12.1 Å². The standard InChI is InChI=1S/C16H24Cl2N2/c1-3-12(2)16-11-20(8-4-7-19-16)10-13-5-6-14(17)15(18)9-13/h5-6,9,12,16,19H,3-4,7-8,10-11H2,1-2H3. The van der Waals surface area contributed by atoms with Gasteiger partial charge in [-0.25, -0.2) is 0 Å². The Hall–Kier alpha value is -0.280. The summed E-state index contributed by atoms with van der Waals surface area (Å²) in [5, 5.41) is 4.96. The van der Waals surface area contributed by atoms with Crippen LogP contribution in [0.2, 0.25) is 10.0 Å². The molecule has 2 rings (SSSR count). The summed E-state index contributed by atoms with van der Waals surface area (Å²) in [5.41, 5.74) is 1.24. The highest BCUT2D eigenvalue weighted by molar-refractivity contribution is 6.42. The van der Waals surface area contributed by atoms with Crippen molar-refractivity contribution in [2.75, 3.05) is 19.6 Å². The van der Waals surface area contributed by atoms with Crippen molar-refractivity contribution in [3.8, 4) is 0 Å². The van der Waals surface area contributed by atoms with Crippen LogP contribution in [0, 0.1) is 5.92 Å². The summed E-state index contributed by atoms with van der Waals surface area (Å²) in [6.45, 7) is 8.91. The van der Waals surface area contributed by atoms with E-state index in [9.17, 15) is 0 Å². The van der Waals surface area contributed by atoms with Crippen molar-refractivity contribution in [2.45, 2.75) is 39.3 Å². The zero-order valence-electron chi connectivity index (χ0n) is 12.3. The van der Waals surface area contributed by atoms with Crippen LogP contribution in [0.4, 0.5) is 0 Å². The molecular formula is C16H24Cl2N2. The van der Waals surface area contributed by atoms with E-state index in [2.05, 4.69) is 30.1 Å². The van der Waals surface area contributed by atoms with Gasteiger partial charge in [0.05, 0.1) is 10.0 Å². The second-order valence-electron chi connectivity index (χ2n) is 5.78. The van der Waals surface area contributed by atoms with Crippen molar-refractivity contribution in [3.05, 3.63) is 33.8 Å². The molecule has 112 valence electrons.